The van der Waals surface area contributed by atoms with Gasteiger partial charge in [-0.25, -0.2) is 4.79 Å². The van der Waals surface area contributed by atoms with Crippen LogP contribution in [-0.2, 0) is 4.74 Å². The minimum Gasteiger partial charge on any atom is -0.490 e. The van der Waals surface area contributed by atoms with Crippen molar-refractivity contribution in [1.82, 2.24) is 0 Å². The number of hydrogen-bond donors (Lipinski definition) is 0. The van der Waals surface area contributed by atoms with Crippen LogP contribution in [0.2, 0.25) is 0 Å². The highest BCUT2D eigenvalue weighted by molar-refractivity contribution is 5.91. The van der Waals surface area contributed by atoms with E-state index in [4.69, 9.17) is 14.2 Å². The summed E-state index contributed by atoms with van der Waals surface area (Å²) >= 11 is 0. The van der Waals surface area contributed by atoms with Crippen molar-refractivity contribution in [3.63, 3.8) is 0 Å². The Hall–Kier alpha value is -3.11. The molecule has 0 aliphatic carbocycles. The van der Waals surface area contributed by atoms with Gasteiger partial charge in [-0.3, -0.25) is 0 Å². The molecule has 0 N–H and O–H groups in total. The summed E-state index contributed by atoms with van der Waals surface area (Å²) in [6.07, 6.45) is 18.9. The Labute approximate surface area is 273 Å². The van der Waals surface area contributed by atoms with Crippen LogP contribution in [0.15, 0.2) is 72.8 Å². The molecule has 2 unspecified atom stereocenters. The first-order chi connectivity index (χ1) is 22.0. The first-order valence-electron chi connectivity index (χ1n) is 17.8. The average molecular weight is 615 g/mol. The van der Waals surface area contributed by atoms with Crippen LogP contribution in [0, 0.1) is 0 Å². The van der Waals surface area contributed by atoms with Crippen LogP contribution in [-0.4, -0.2) is 18.7 Å². The molecule has 0 aromatic heterocycles. The number of rotatable bonds is 23. The number of hydrogen-bond acceptors (Lipinski definition) is 4. The molecule has 4 heteroatoms. The van der Waals surface area contributed by atoms with Crippen molar-refractivity contribution in [2.24, 2.45) is 0 Å². The van der Waals surface area contributed by atoms with E-state index in [-0.39, 0.29) is 18.2 Å². The van der Waals surface area contributed by atoms with Crippen LogP contribution in [0.5, 0.6) is 11.5 Å². The Morgan fingerprint density at radius 2 is 1.11 bits per heavy atom. The van der Waals surface area contributed by atoms with Gasteiger partial charge in [0.1, 0.15) is 11.5 Å². The Morgan fingerprint density at radius 1 is 0.578 bits per heavy atom. The molecule has 0 radical (unpaired) electrons. The van der Waals surface area contributed by atoms with E-state index in [0.29, 0.717) is 11.3 Å². The molecule has 0 spiro atoms. The quantitative estimate of drug-likeness (QED) is 0.0605. The van der Waals surface area contributed by atoms with Gasteiger partial charge in [-0.1, -0.05) is 128 Å². The number of esters is 1. The molecule has 45 heavy (non-hydrogen) atoms. The van der Waals surface area contributed by atoms with E-state index in [1.54, 1.807) is 0 Å². The second-order valence-corrected chi connectivity index (χ2v) is 12.4. The first kappa shape index (κ1) is 36.4. The second kappa shape index (κ2) is 21.6. The van der Waals surface area contributed by atoms with Gasteiger partial charge in [0, 0.05) is 6.61 Å². The third kappa shape index (κ3) is 13.8. The van der Waals surface area contributed by atoms with Crippen molar-refractivity contribution < 1.29 is 19.0 Å². The molecule has 0 aliphatic heterocycles. The third-order valence-corrected chi connectivity index (χ3v) is 8.53. The maximum atomic E-state index is 12.8. The minimum atomic E-state index is -0.367. The monoisotopic (exact) mass is 614 g/mol. The van der Waals surface area contributed by atoms with Crippen LogP contribution in [0.25, 0.3) is 11.1 Å². The smallest absolute Gasteiger partial charge is 0.343 e. The summed E-state index contributed by atoms with van der Waals surface area (Å²) in [6, 6.07) is 23.5. The van der Waals surface area contributed by atoms with Crippen LogP contribution >= 0.6 is 0 Å². The van der Waals surface area contributed by atoms with Crippen molar-refractivity contribution in [3.8, 4) is 22.6 Å². The largest absolute Gasteiger partial charge is 0.490 e. The molecule has 0 bridgehead atoms. The van der Waals surface area contributed by atoms with Gasteiger partial charge in [-0.05, 0) is 85.7 Å². The van der Waals surface area contributed by atoms with Crippen molar-refractivity contribution >= 4 is 5.97 Å². The Balaban J connectivity index is 1.44. The molecule has 3 aromatic rings. The van der Waals surface area contributed by atoms with Gasteiger partial charge in [0.15, 0.2) is 0 Å². The average Bonchev–Trinajstić information content (AvgIpc) is 3.07. The summed E-state index contributed by atoms with van der Waals surface area (Å²) in [5.41, 5.74) is 3.87. The molecule has 0 aliphatic rings. The zero-order valence-corrected chi connectivity index (χ0v) is 28.5. The molecular formula is C41H58O4. The molecular weight excluding hydrogens is 556 g/mol. The van der Waals surface area contributed by atoms with E-state index in [1.165, 1.54) is 76.2 Å². The van der Waals surface area contributed by atoms with E-state index in [2.05, 4.69) is 52.0 Å². The number of ether oxygens (including phenoxy) is 3. The Morgan fingerprint density at radius 3 is 1.71 bits per heavy atom. The van der Waals surface area contributed by atoms with Crippen molar-refractivity contribution in [2.75, 3.05) is 6.61 Å². The van der Waals surface area contributed by atoms with Crippen molar-refractivity contribution in [2.45, 2.75) is 136 Å². The third-order valence-electron chi connectivity index (χ3n) is 8.53. The highest BCUT2D eigenvalue weighted by atomic mass is 16.5. The molecule has 0 fully saturated rings. The molecule has 2 atom stereocenters. The van der Waals surface area contributed by atoms with Gasteiger partial charge in [0.05, 0.1) is 17.8 Å². The highest BCUT2D eigenvalue weighted by Gasteiger charge is 2.13. The van der Waals surface area contributed by atoms with Gasteiger partial charge in [-0.2, -0.15) is 0 Å². The zero-order valence-electron chi connectivity index (χ0n) is 28.5. The van der Waals surface area contributed by atoms with Gasteiger partial charge >= 0.3 is 5.97 Å². The Bertz CT molecular complexity index is 1180. The number of benzene rings is 3. The summed E-state index contributed by atoms with van der Waals surface area (Å²) in [5.74, 6) is 0.977. The number of carbonyl (C=O) groups excluding carboxylic acids is 1. The fourth-order valence-corrected chi connectivity index (χ4v) is 5.67. The van der Waals surface area contributed by atoms with Crippen LogP contribution in [0.4, 0.5) is 0 Å². The maximum absolute atomic E-state index is 12.8. The van der Waals surface area contributed by atoms with E-state index < -0.39 is 0 Å². The summed E-state index contributed by atoms with van der Waals surface area (Å²) in [5, 5.41) is 0. The molecule has 3 rings (SSSR count). The number of carbonyl (C=O) groups is 1. The summed E-state index contributed by atoms with van der Waals surface area (Å²) in [4.78, 5) is 12.8. The lowest BCUT2D eigenvalue weighted by molar-refractivity contribution is 0.0627. The normalized spacial score (nSPS) is 12.5. The molecule has 0 amide bonds. The standard InChI is InChI=1S/C41H58O4/c1-5-8-10-12-14-16-19-38(18-7-3)44-39-28-30-40(31-29-39)45-41(42)37-26-24-36(25-27-37)35-22-20-34(21-23-35)33(4)43-32-17-15-13-11-9-6-2/h20-31,33,38H,5-19,32H2,1-4H3. The molecule has 0 saturated heterocycles. The van der Waals surface area contributed by atoms with E-state index in [1.807, 2.05) is 48.5 Å². The Kier molecular flexibility index (Phi) is 17.4. The highest BCUT2D eigenvalue weighted by Crippen LogP contribution is 2.26. The lowest BCUT2D eigenvalue weighted by atomic mass is 10.0. The van der Waals surface area contributed by atoms with Crippen molar-refractivity contribution in [1.29, 1.82) is 0 Å². The summed E-state index contributed by atoms with van der Waals surface area (Å²) in [7, 11) is 0. The summed E-state index contributed by atoms with van der Waals surface area (Å²) < 4.78 is 18.0. The van der Waals surface area contributed by atoms with Gasteiger partial charge in [0.25, 0.3) is 0 Å². The van der Waals surface area contributed by atoms with Gasteiger partial charge in [0.2, 0.25) is 0 Å². The lowest BCUT2D eigenvalue weighted by Gasteiger charge is -2.19. The van der Waals surface area contributed by atoms with Crippen LogP contribution < -0.4 is 9.47 Å². The molecule has 0 saturated carbocycles. The minimum absolute atomic E-state index is 0.0790. The SMILES string of the molecule is CCCCCCCCOC(C)c1ccc(-c2ccc(C(=O)Oc3ccc(OC(CCC)CCCCCCCC)cc3)cc2)cc1. The molecule has 0 heterocycles. The number of unbranched alkanes of at least 4 members (excludes halogenated alkanes) is 10. The fraction of sp³-hybridized carbons (Fsp3) is 0.537. The first-order valence-corrected chi connectivity index (χ1v) is 17.8. The van der Waals surface area contributed by atoms with Crippen LogP contribution in [0.3, 0.4) is 0 Å². The predicted octanol–water partition coefficient (Wildman–Crippen LogP) is 12.3. The molecule has 4 nitrogen and oxygen atoms in total. The maximum Gasteiger partial charge on any atom is 0.343 e. The van der Waals surface area contributed by atoms with E-state index in [0.717, 1.165) is 49.2 Å². The van der Waals surface area contributed by atoms with E-state index >= 15 is 0 Å². The van der Waals surface area contributed by atoms with E-state index in [9.17, 15) is 4.79 Å². The zero-order chi connectivity index (χ0) is 32.1. The fourth-order valence-electron chi connectivity index (χ4n) is 5.67. The lowest BCUT2D eigenvalue weighted by Crippen LogP contribution is -2.16. The second-order valence-electron chi connectivity index (χ2n) is 12.4. The van der Waals surface area contributed by atoms with Gasteiger partial charge < -0.3 is 14.2 Å². The summed E-state index contributed by atoms with van der Waals surface area (Å²) in [6.45, 7) is 9.64. The van der Waals surface area contributed by atoms with Crippen LogP contribution in [0.1, 0.15) is 146 Å². The molecule has 3 aromatic carbocycles. The molecule has 246 valence electrons. The topological polar surface area (TPSA) is 44.8 Å². The van der Waals surface area contributed by atoms with Gasteiger partial charge in [-0.15, -0.1) is 0 Å². The predicted molar refractivity (Wildman–Crippen MR) is 188 cm³/mol. The van der Waals surface area contributed by atoms with Crippen molar-refractivity contribution in [3.05, 3.63) is 83.9 Å².